The molecule has 0 aliphatic carbocycles. The number of rotatable bonds is 10. The number of aromatic nitrogens is 2. The van der Waals surface area contributed by atoms with Gasteiger partial charge in [0.1, 0.15) is 0 Å². The topological polar surface area (TPSA) is 121 Å². The second-order valence-electron chi connectivity index (χ2n) is 8.22. The molecule has 0 saturated carbocycles. The van der Waals surface area contributed by atoms with Gasteiger partial charge in [-0.1, -0.05) is 41.6 Å². The van der Waals surface area contributed by atoms with Crippen molar-refractivity contribution in [2.45, 2.75) is 19.4 Å². The van der Waals surface area contributed by atoms with E-state index in [4.69, 9.17) is 14.0 Å². The van der Waals surface area contributed by atoms with Crippen LogP contribution in [0.4, 0.5) is 5.69 Å². The zero-order valence-electron chi connectivity index (χ0n) is 20.7. The number of methoxy groups -OCH3 is 2. The molecule has 0 unspecified atom stereocenters. The van der Waals surface area contributed by atoms with E-state index in [0.717, 1.165) is 5.56 Å². The molecule has 190 valence electrons. The summed E-state index contributed by atoms with van der Waals surface area (Å²) in [5.74, 6) is 1.52. The van der Waals surface area contributed by atoms with Crippen molar-refractivity contribution in [2.75, 3.05) is 20.8 Å². The van der Waals surface area contributed by atoms with Crippen molar-refractivity contribution in [3.8, 4) is 22.9 Å². The molecule has 10 nitrogen and oxygen atoms in total. The Balaban J connectivity index is 1.57. The molecule has 1 heterocycles. The fourth-order valence-electron chi connectivity index (χ4n) is 3.97. The van der Waals surface area contributed by atoms with E-state index in [1.807, 2.05) is 37.3 Å². The van der Waals surface area contributed by atoms with Crippen LogP contribution in [0.1, 0.15) is 34.8 Å². The molecule has 4 aromatic rings. The molecule has 0 aliphatic heterocycles. The van der Waals surface area contributed by atoms with Crippen LogP contribution < -0.4 is 9.47 Å². The van der Waals surface area contributed by atoms with Gasteiger partial charge >= 0.3 is 0 Å². The van der Waals surface area contributed by atoms with Crippen molar-refractivity contribution in [3.63, 3.8) is 0 Å². The minimum atomic E-state index is -0.518. The van der Waals surface area contributed by atoms with E-state index in [2.05, 4.69) is 10.1 Å². The Morgan fingerprint density at radius 1 is 1.03 bits per heavy atom. The maximum absolute atomic E-state index is 13.5. The summed E-state index contributed by atoms with van der Waals surface area (Å²) in [4.78, 5) is 30.4. The first-order valence-electron chi connectivity index (χ1n) is 11.6. The van der Waals surface area contributed by atoms with Crippen molar-refractivity contribution in [1.29, 1.82) is 0 Å². The summed E-state index contributed by atoms with van der Waals surface area (Å²) in [5.41, 5.74) is 1.70. The SMILES string of the molecule is COc1ccc(-c2noc(CCN(C(=O)c3cccc([N+](=O)[O-])c3)[C@@H](C)c3ccccc3)n2)cc1OC. The summed E-state index contributed by atoms with van der Waals surface area (Å²) in [7, 11) is 3.10. The first kappa shape index (κ1) is 25.4. The van der Waals surface area contributed by atoms with E-state index in [1.165, 1.54) is 18.2 Å². The molecule has 0 N–H and O–H groups in total. The number of ether oxygens (including phenoxy) is 2. The third-order valence-corrected chi connectivity index (χ3v) is 5.99. The average molecular weight is 503 g/mol. The largest absolute Gasteiger partial charge is 0.493 e. The highest BCUT2D eigenvalue weighted by atomic mass is 16.6. The molecule has 4 rings (SSSR count). The van der Waals surface area contributed by atoms with Gasteiger partial charge in [-0.05, 0) is 36.8 Å². The van der Waals surface area contributed by atoms with Crippen molar-refractivity contribution in [1.82, 2.24) is 15.0 Å². The maximum atomic E-state index is 13.5. The third kappa shape index (κ3) is 5.75. The molecule has 0 aliphatic rings. The molecule has 10 heteroatoms. The van der Waals surface area contributed by atoms with E-state index >= 15 is 0 Å². The van der Waals surface area contributed by atoms with E-state index in [1.54, 1.807) is 43.4 Å². The Bertz CT molecular complexity index is 1390. The number of carbonyl (C=O) groups excluding carboxylic acids is 1. The lowest BCUT2D eigenvalue weighted by molar-refractivity contribution is -0.384. The zero-order chi connectivity index (χ0) is 26.4. The van der Waals surface area contributed by atoms with Gasteiger partial charge in [0.2, 0.25) is 11.7 Å². The predicted octanol–water partition coefficient (Wildman–Crippen LogP) is 5.11. The van der Waals surface area contributed by atoms with Crippen molar-refractivity contribution >= 4 is 11.6 Å². The van der Waals surface area contributed by atoms with Gasteiger partial charge in [-0.3, -0.25) is 14.9 Å². The second kappa shape index (κ2) is 11.3. The summed E-state index contributed by atoms with van der Waals surface area (Å²) in [6, 6.07) is 20.3. The number of amides is 1. The van der Waals surface area contributed by atoms with Crippen LogP contribution in [0.15, 0.2) is 77.3 Å². The number of carbonyl (C=O) groups is 1. The maximum Gasteiger partial charge on any atom is 0.270 e. The molecule has 0 spiro atoms. The Kier molecular flexibility index (Phi) is 7.77. The normalized spacial score (nSPS) is 11.5. The van der Waals surface area contributed by atoms with Gasteiger partial charge in [-0.2, -0.15) is 4.98 Å². The fraction of sp³-hybridized carbons (Fsp3) is 0.222. The number of nitro benzene ring substituents is 1. The number of benzene rings is 3. The Labute approximate surface area is 213 Å². The van der Waals surface area contributed by atoms with Crippen molar-refractivity contribution in [3.05, 3.63) is 99.9 Å². The monoisotopic (exact) mass is 502 g/mol. The summed E-state index contributed by atoms with van der Waals surface area (Å²) in [5, 5.41) is 15.3. The van der Waals surface area contributed by atoms with Crippen LogP contribution in [0.25, 0.3) is 11.4 Å². The van der Waals surface area contributed by atoms with Crippen LogP contribution in [0.2, 0.25) is 0 Å². The number of nitro groups is 1. The second-order valence-corrected chi connectivity index (χ2v) is 8.22. The molecule has 0 radical (unpaired) electrons. The van der Waals surface area contributed by atoms with Gasteiger partial charge < -0.3 is 18.9 Å². The highest BCUT2D eigenvalue weighted by Crippen LogP contribution is 2.31. The van der Waals surface area contributed by atoms with Gasteiger partial charge in [0.05, 0.1) is 25.2 Å². The molecule has 1 atom stereocenters. The minimum absolute atomic E-state index is 0.144. The van der Waals surface area contributed by atoms with Crippen LogP contribution in [0, 0.1) is 10.1 Å². The molecule has 0 saturated heterocycles. The number of hydrogen-bond donors (Lipinski definition) is 0. The van der Waals surface area contributed by atoms with E-state index in [9.17, 15) is 14.9 Å². The van der Waals surface area contributed by atoms with Gasteiger partial charge in [-0.25, -0.2) is 0 Å². The van der Waals surface area contributed by atoms with E-state index in [0.29, 0.717) is 28.8 Å². The van der Waals surface area contributed by atoms with Crippen LogP contribution in [-0.4, -0.2) is 46.6 Å². The van der Waals surface area contributed by atoms with Crippen LogP contribution in [0.3, 0.4) is 0 Å². The minimum Gasteiger partial charge on any atom is -0.493 e. The summed E-state index contributed by atoms with van der Waals surface area (Å²) in [6.07, 6.45) is 0.290. The number of non-ortho nitro benzene ring substituents is 1. The molecule has 1 amide bonds. The lowest BCUT2D eigenvalue weighted by Crippen LogP contribution is -2.35. The Hall–Kier alpha value is -4.73. The zero-order valence-corrected chi connectivity index (χ0v) is 20.7. The van der Waals surface area contributed by atoms with Gasteiger partial charge in [-0.15, -0.1) is 0 Å². The lowest BCUT2D eigenvalue weighted by Gasteiger charge is -2.29. The predicted molar refractivity (Wildman–Crippen MR) is 136 cm³/mol. The molecular weight excluding hydrogens is 476 g/mol. The number of nitrogens with zero attached hydrogens (tertiary/aromatic N) is 4. The van der Waals surface area contributed by atoms with Gasteiger partial charge in [0.25, 0.3) is 11.6 Å². The quantitative estimate of drug-likeness (QED) is 0.217. The number of hydrogen-bond acceptors (Lipinski definition) is 8. The molecule has 0 fully saturated rings. The lowest BCUT2D eigenvalue weighted by atomic mass is 10.0. The van der Waals surface area contributed by atoms with Gasteiger partial charge in [0, 0.05) is 36.2 Å². The van der Waals surface area contributed by atoms with Crippen LogP contribution >= 0.6 is 0 Å². The first-order chi connectivity index (χ1) is 17.9. The van der Waals surface area contributed by atoms with Crippen LogP contribution in [0.5, 0.6) is 11.5 Å². The summed E-state index contributed by atoms with van der Waals surface area (Å²) >= 11 is 0. The van der Waals surface area contributed by atoms with Crippen molar-refractivity contribution < 1.29 is 23.7 Å². The molecular formula is C27H26N4O6. The molecule has 1 aromatic heterocycles. The highest BCUT2D eigenvalue weighted by Gasteiger charge is 2.25. The smallest absolute Gasteiger partial charge is 0.270 e. The van der Waals surface area contributed by atoms with Crippen LogP contribution in [-0.2, 0) is 6.42 Å². The summed E-state index contributed by atoms with van der Waals surface area (Å²) in [6.45, 7) is 2.17. The average Bonchev–Trinajstić information content (AvgIpc) is 3.42. The van der Waals surface area contributed by atoms with Crippen molar-refractivity contribution in [2.24, 2.45) is 0 Å². The molecule has 37 heavy (non-hydrogen) atoms. The molecule has 3 aromatic carbocycles. The van der Waals surface area contributed by atoms with E-state index in [-0.39, 0.29) is 36.2 Å². The molecule has 0 bridgehead atoms. The van der Waals surface area contributed by atoms with Gasteiger partial charge in [0.15, 0.2) is 11.5 Å². The highest BCUT2D eigenvalue weighted by molar-refractivity contribution is 5.95. The first-order valence-corrected chi connectivity index (χ1v) is 11.6. The third-order valence-electron chi connectivity index (χ3n) is 5.99. The summed E-state index contributed by atoms with van der Waals surface area (Å²) < 4.78 is 16.1. The Morgan fingerprint density at radius 2 is 1.78 bits per heavy atom. The standard InChI is InChI=1S/C27H26N4O6/c1-18(19-8-5-4-6-9-19)30(27(32)21-10-7-11-22(16-21)31(33)34)15-14-25-28-26(29-37-25)20-12-13-23(35-2)24(17-20)36-3/h4-13,16-18H,14-15H2,1-3H3/t18-/m0/s1. The Morgan fingerprint density at radius 3 is 2.49 bits per heavy atom. The van der Waals surface area contributed by atoms with E-state index < -0.39 is 4.92 Å². The fourth-order valence-corrected chi connectivity index (χ4v) is 3.97.